The van der Waals surface area contributed by atoms with E-state index in [4.69, 9.17) is 5.11 Å². The van der Waals surface area contributed by atoms with Crippen LogP contribution in [0.25, 0.3) is 0 Å². The Labute approximate surface area is 109 Å². The second-order valence-corrected chi connectivity index (χ2v) is 4.71. The number of aliphatic carboxylic acids is 1. The Bertz CT molecular complexity index is 436. The molecule has 0 bridgehead atoms. The van der Waals surface area contributed by atoms with Crippen LogP contribution >= 0.6 is 0 Å². The predicted octanol–water partition coefficient (Wildman–Crippen LogP) is 2.85. The van der Waals surface area contributed by atoms with Crippen LogP contribution in [0.1, 0.15) is 36.5 Å². The Kier molecular flexibility index (Phi) is 5.59. The van der Waals surface area contributed by atoms with Crippen LogP contribution in [0.15, 0.2) is 30.4 Å². The molecule has 3 nitrogen and oxygen atoms in total. The van der Waals surface area contributed by atoms with Crippen LogP contribution in [0, 0.1) is 6.92 Å². The van der Waals surface area contributed by atoms with E-state index in [1.807, 2.05) is 0 Å². The van der Waals surface area contributed by atoms with Crippen molar-refractivity contribution in [2.75, 3.05) is 6.54 Å². The first kappa shape index (κ1) is 14.5. The van der Waals surface area contributed by atoms with Crippen LogP contribution in [0.3, 0.4) is 0 Å². The lowest BCUT2D eigenvalue weighted by Gasteiger charge is -2.11. The molecule has 0 radical (unpaired) electrons. The second-order valence-electron chi connectivity index (χ2n) is 4.71. The van der Waals surface area contributed by atoms with Crippen LogP contribution in [0.4, 0.5) is 0 Å². The van der Waals surface area contributed by atoms with Crippen molar-refractivity contribution >= 4 is 5.97 Å². The summed E-state index contributed by atoms with van der Waals surface area (Å²) in [5.41, 5.74) is 3.86. The summed E-state index contributed by atoms with van der Waals surface area (Å²) >= 11 is 0. The van der Waals surface area contributed by atoms with Crippen molar-refractivity contribution in [2.24, 2.45) is 0 Å². The topological polar surface area (TPSA) is 49.3 Å². The van der Waals surface area contributed by atoms with Gasteiger partial charge in [-0.1, -0.05) is 38.1 Å². The highest BCUT2D eigenvalue weighted by atomic mass is 16.4. The Hall–Kier alpha value is -1.61. The fraction of sp³-hybridized carbons (Fsp3) is 0.400. The maximum absolute atomic E-state index is 10.3. The molecule has 0 unspecified atom stereocenters. The molecule has 0 spiro atoms. The van der Waals surface area contributed by atoms with E-state index >= 15 is 0 Å². The Balaban J connectivity index is 2.56. The van der Waals surface area contributed by atoms with Crippen molar-refractivity contribution < 1.29 is 9.90 Å². The summed E-state index contributed by atoms with van der Waals surface area (Å²) in [5, 5.41) is 11.7. The number of rotatable bonds is 6. The summed E-state index contributed by atoms with van der Waals surface area (Å²) in [5.74, 6) is -0.383. The standard InChI is InChI=1S/C15H21NO2/c1-11(2)13-7-6-12(3)14(9-13)10-16-8-4-5-15(17)18/h4-7,9,11,16H,8,10H2,1-3H3,(H,17,18)/b5-4+. The van der Waals surface area contributed by atoms with E-state index in [9.17, 15) is 4.79 Å². The molecule has 0 saturated carbocycles. The van der Waals surface area contributed by atoms with Gasteiger partial charge in [0.2, 0.25) is 0 Å². The SMILES string of the molecule is Cc1ccc(C(C)C)cc1CNC/C=C/C(=O)O. The third kappa shape index (κ3) is 4.72. The highest BCUT2D eigenvalue weighted by Gasteiger charge is 2.03. The molecule has 0 heterocycles. The van der Waals surface area contributed by atoms with Gasteiger partial charge in [-0.3, -0.25) is 0 Å². The molecule has 0 aliphatic carbocycles. The average molecular weight is 247 g/mol. The highest BCUT2D eigenvalue weighted by Crippen LogP contribution is 2.18. The van der Waals surface area contributed by atoms with Gasteiger partial charge in [0, 0.05) is 19.2 Å². The average Bonchev–Trinajstić information content (AvgIpc) is 2.30. The van der Waals surface area contributed by atoms with E-state index < -0.39 is 5.97 Å². The van der Waals surface area contributed by atoms with Gasteiger partial charge >= 0.3 is 5.97 Å². The van der Waals surface area contributed by atoms with Gasteiger partial charge < -0.3 is 10.4 Å². The minimum atomic E-state index is -0.908. The van der Waals surface area contributed by atoms with Gasteiger partial charge in [-0.25, -0.2) is 4.79 Å². The van der Waals surface area contributed by atoms with E-state index in [2.05, 4.69) is 44.3 Å². The van der Waals surface area contributed by atoms with Crippen molar-refractivity contribution in [1.29, 1.82) is 0 Å². The van der Waals surface area contributed by atoms with Gasteiger partial charge in [0.25, 0.3) is 0 Å². The smallest absolute Gasteiger partial charge is 0.328 e. The minimum absolute atomic E-state index is 0.524. The quantitative estimate of drug-likeness (QED) is 0.600. The van der Waals surface area contributed by atoms with E-state index in [0.717, 1.165) is 12.6 Å². The number of nitrogens with one attached hydrogen (secondary N) is 1. The highest BCUT2D eigenvalue weighted by molar-refractivity contribution is 5.79. The Morgan fingerprint density at radius 3 is 2.78 bits per heavy atom. The lowest BCUT2D eigenvalue weighted by atomic mass is 9.98. The van der Waals surface area contributed by atoms with Crippen LogP contribution in [-0.4, -0.2) is 17.6 Å². The molecule has 1 rings (SSSR count). The van der Waals surface area contributed by atoms with Crippen LogP contribution < -0.4 is 5.32 Å². The third-order valence-corrected chi connectivity index (χ3v) is 2.88. The summed E-state index contributed by atoms with van der Waals surface area (Å²) in [6.45, 7) is 7.77. The van der Waals surface area contributed by atoms with Crippen LogP contribution in [-0.2, 0) is 11.3 Å². The number of hydrogen-bond donors (Lipinski definition) is 2. The van der Waals surface area contributed by atoms with E-state index in [1.54, 1.807) is 6.08 Å². The minimum Gasteiger partial charge on any atom is -0.478 e. The molecule has 1 aromatic rings. The summed E-state index contributed by atoms with van der Waals surface area (Å²) in [4.78, 5) is 10.3. The molecular weight excluding hydrogens is 226 g/mol. The molecule has 98 valence electrons. The summed E-state index contributed by atoms with van der Waals surface area (Å²) in [7, 11) is 0. The number of carboxylic acids is 1. The van der Waals surface area contributed by atoms with Crippen molar-refractivity contribution in [1.82, 2.24) is 5.32 Å². The monoisotopic (exact) mass is 247 g/mol. The molecular formula is C15H21NO2. The first-order valence-electron chi connectivity index (χ1n) is 6.20. The molecule has 18 heavy (non-hydrogen) atoms. The number of hydrogen-bond acceptors (Lipinski definition) is 2. The van der Waals surface area contributed by atoms with Gasteiger partial charge in [-0.05, 0) is 29.5 Å². The lowest BCUT2D eigenvalue weighted by Crippen LogP contribution is -2.14. The number of aryl methyl sites for hydroxylation is 1. The summed E-state index contributed by atoms with van der Waals surface area (Å²) < 4.78 is 0. The zero-order valence-corrected chi connectivity index (χ0v) is 11.2. The van der Waals surface area contributed by atoms with Gasteiger partial charge in [-0.2, -0.15) is 0 Å². The van der Waals surface area contributed by atoms with Crippen molar-refractivity contribution in [3.05, 3.63) is 47.0 Å². The third-order valence-electron chi connectivity index (χ3n) is 2.88. The predicted molar refractivity (Wildman–Crippen MR) is 73.8 cm³/mol. The first-order valence-corrected chi connectivity index (χ1v) is 6.20. The first-order chi connectivity index (χ1) is 8.50. The molecule has 0 aliphatic rings. The van der Waals surface area contributed by atoms with Crippen LogP contribution in [0.5, 0.6) is 0 Å². The molecule has 0 aromatic heterocycles. The number of carbonyl (C=O) groups is 1. The summed E-state index contributed by atoms with van der Waals surface area (Å²) in [6, 6.07) is 6.52. The van der Waals surface area contributed by atoms with Crippen molar-refractivity contribution in [3.63, 3.8) is 0 Å². The molecule has 3 heteroatoms. The number of benzene rings is 1. The molecule has 0 fully saturated rings. The summed E-state index contributed by atoms with van der Waals surface area (Å²) in [6.07, 6.45) is 2.77. The van der Waals surface area contributed by atoms with Crippen LogP contribution in [0.2, 0.25) is 0 Å². The largest absolute Gasteiger partial charge is 0.478 e. The van der Waals surface area contributed by atoms with E-state index in [1.165, 1.54) is 16.7 Å². The van der Waals surface area contributed by atoms with Crippen molar-refractivity contribution in [3.8, 4) is 0 Å². The van der Waals surface area contributed by atoms with Gasteiger partial charge in [0.15, 0.2) is 0 Å². The molecule has 0 aliphatic heterocycles. The molecule has 1 aromatic carbocycles. The van der Waals surface area contributed by atoms with Gasteiger partial charge in [-0.15, -0.1) is 0 Å². The lowest BCUT2D eigenvalue weighted by molar-refractivity contribution is -0.131. The van der Waals surface area contributed by atoms with E-state index in [0.29, 0.717) is 12.5 Å². The Morgan fingerprint density at radius 1 is 1.44 bits per heavy atom. The maximum Gasteiger partial charge on any atom is 0.328 e. The van der Waals surface area contributed by atoms with E-state index in [-0.39, 0.29) is 0 Å². The zero-order chi connectivity index (χ0) is 13.5. The van der Waals surface area contributed by atoms with Crippen molar-refractivity contribution in [2.45, 2.75) is 33.2 Å². The maximum atomic E-state index is 10.3. The zero-order valence-electron chi connectivity index (χ0n) is 11.2. The molecule has 0 saturated heterocycles. The normalized spacial score (nSPS) is 11.3. The fourth-order valence-corrected chi connectivity index (χ4v) is 1.69. The fourth-order valence-electron chi connectivity index (χ4n) is 1.69. The number of carboxylic acid groups (broad SMARTS) is 1. The van der Waals surface area contributed by atoms with Gasteiger partial charge in [0.1, 0.15) is 0 Å². The Morgan fingerprint density at radius 2 is 2.17 bits per heavy atom. The molecule has 0 amide bonds. The molecule has 2 N–H and O–H groups in total. The van der Waals surface area contributed by atoms with Gasteiger partial charge in [0.05, 0.1) is 0 Å². The second kappa shape index (κ2) is 6.97. The molecule has 0 atom stereocenters.